The van der Waals surface area contributed by atoms with Crippen LogP contribution in [0.25, 0.3) is 0 Å². The molecular formula is C18H21ClN2O3. The van der Waals surface area contributed by atoms with Crippen LogP contribution in [0.1, 0.15) is 24.9 Å². The third-order valence-corrected chi connectivity index (χ3v) is 3.88. The summed E-state index contributed by atoms with van der Waals surface area (Å²) in [5, 5.41) is 6.37. The highest BCUT2D eigenvalue weighted by atomic mass is 35.5. The summed E-state index contributed by atoms with van der Waals surface area (Å²) in [6.45, 7) is 2.00. The van der Waals surface area contributed by atoms with Crippen LogP contribution in [0.3, 0.4) is 0 Å². The molecule has 0 aliphatic heterocycles. The molecular weight excluding hydrogens is 328 g/mol. The monoisotopic (exact) mass is 348 g/mol. The maximum absolute atomic E-state index is 12.2. The maximum Gasteiger partial charge on any atom is 0.319 e. The van der Waals surface area contributed by atoms with Crippen molar-refractivity contribution in [3.63, 3.8) is 0 Å². The molecule has 0 saturated heterocycles. The Bertz CT molecular complexity index is 689. The molecule has 6 heteroatoms. The second-order valence-corrected chi connectivity index (χ2v) is 5.62. The smallest absolute Gasteiger partial charge is 0.319 e. The van der Waals surface area contributed by atoms with Crippen molar-refractivity contribution >= 4 is 23.3 Å². The second kappa shape index (κ2) is 8.45. The van der Waals surface area contributed by atoms with E-state index in [1.807, 2.05) is 25.1 Å². The van der Waals surface area contributed by atoms with Crippen LogP contribution in [0.5, 0.6) is 11.5 Å². The van der Waals surface area contributed by atoms with Crippen molar-refractivity contribution in [3.05, 3.63) is 53.1 Å². The first-order valence-corrected chi connectivity index (χ1v) is 8.00. The summed E-state index contributed by atoms with van der Waals surface area (Å²) in [5.74, 6) is 1.29. The molecule has 24 heavy (non-hydrogen) atoms. The summed E-state index contributed by atoms with van der Waals surface area (Å²) in [4.78, 5) is 12.2. The minimum Gasteiger partial charge on any atom is -0.493 e. The van der Waals surface area contributed by atoms with Gasteiger partial charge in [-0.05, 0) is 48.4 Å². The molecule has 128 valence electrons. The van der Waals surface area contributed by atoms with Crippen LogP contribution in [0.4, 0.5) is 10.5 Å². The van der Waals surface area contributed by atoms with E-state index in [0.29, 0.717) is 22.2 Å². The second-order valence-electron chi connectivity index (χ2n) is 5.18. The predicted molar refractivity (Wildman–Crippen MR) is 96.2 cm³/mol. The fourth-order valence-electron chi connectivity index (χ4n) is 2.35. The molecule has 2 aromatic carbocycles. The highest BCUT2D eigenvalue weighted by Crippen LogP contribution is 2.30. The molecule has 5 nitrogen and oxygen atoms in total. The number of hydrogen-bond donors (Lipinski definition) is 2. The molecule has 2 rings (SSSR count). The van der Waals surface area contributed by atoms with Crippen molar-refractivity contribution in [1.29, 1.82) is 0 Å². The summed E-state index contributed by atoms with van der Waals surface area (Å²) < 4.78 is 10.6. The molecule has 0 radical (unpaired) electrons. The van der Waals surface area contributed by atoms with Gasteiger partial charge in [0.25, 0.3) is 0 Å². The topological polar surface area (TPSA) is 59.6 Å². The Kier molecular flexibility index (Phi) is 6.32. The Morgan fingerprint density at radius 1 is 1.08 bits per heavy atom. The van der Waals surface area contributed by atoms with Crippen LogP contribution < -0.4 is 20.1 Å². The zero-order valence-electron chi connectivity index (χ0n) is 13.9. The largest absolute Gasteiger partial charge is 0.493 e. The lowest BCUT2D eigenvalue weighted by Crippen LogP contribution is -2.32. The number of anilines is 1. The van der Waals surface area contributed by atoms with E-state index in [4.69, 9.17) is 21.1 Å². The van der Waals surface area contributed by atoms with Gasteiger partial charge in [-0.2, -0.15) is 0 Å². The first-order chi connectivity index (χ1) is 11.6. The summed E-state index contributed by atoms with van der Waals surface area (Å²) in [6.07, 6.45) is 0.740. The van der Waals surface area contributed by atoms with E-state index < -0.39 is 0 Å². The number of rotatable bonds is 6. The molecule has 1 atom stereocenters. The van der Waals surface area contributed by atoms with Gasteiger partial charge in [0.05, 0.1) is 20.3 Å². The van der Waals surface area contributed by atoms with Crippen LogP contribution in [-0.2, 0) is 0 Å². The van der Waals surface area contributed by atoms with Gasteiger partial charge in [-0.15, -0.1) is 0 Å². The molecule has 0 fully saturated rings. The predicted octanol–water partition coefficient (Wildman–Crippen LogP) is 4.63. The third-order valence-electron chi connectivity index (χ3n) is 3.63. The number of benzene rings is 2. The molecule has 0 bridgehead atoms. The lowest BCUT2D eigenvalue weighted by atomic mass is 10.0. The van der Waals surface area contributed by atoms with Crippen LogP contribution in [0.2, 0.25) is 5.02 Å². The Morgan fingerprint density at radius 3 is 2.33 bits per heavy atom. The lowest BCUT2D eigenvalue weighted by molar-refractivity contribution is 0.248. The van der Waals surface area contributed by atoms with Crippen molar-refractivity contribution in [2.45, 2.75) is 19.4 Å². The van der Waals surface area contributed by atoms with Gasteiger partial charge in [-0.3, -0.25) is 0 Å². The average molecular weight is 349 g/mol. The van der Waals surface area contributed by atoms with E-state index >= 15 is 0 Å². The molecule has 2 amide bonds. The van der Waals surface area contributed by atoms with Crippen molar-refractivity contribution in [1.82, 2.24) is 5.32 Å². The normalized spacial score (nSPS) is 11.5. The number of carbonyl (C=O) groups excluding carboxylic acids is 1. The number of halogens is 1. The van der Waals surface area contributed by atoms with Gasteiger partial charge in [0.15, 0.2) is 11.5 Å². The molecule has 2 aromatic rings. The van der Waals surface area contributed by atoms with Crippen LogP contribution in [-0.4, -0.2) is 20.3 Å². The van der Waals surface area contributed by atoms with Crippen molar-refractivity contribution in [2.24, 2.45) is 0 Å². The Morgan fingerprint density at radius 2 is 1.75 bits per heavy atom. The fourth-order valence-corrected chi connectivity index (χ4v) is 2.48. The molecule has 0 aromatic heterocycles. The highest BCUT2D eigenvalue weighted by Gasteiger charge is 2.15. The third kappa shape index (κ3) is 4.55. The van der Waals surface area contributed by atoms with Gasteiger partial charge in [0.2, 0.25) is 0 Å². The Labute approximate surface area is 146 Å². The first-order valence-electron chi connectivity index (χ1n) is 7.62. The van der Waals surface area contributed by atoms with E-state index in [9.17, 15) is 4.79 Å². The van der Waals surface area contributed by atoms with Crippen molar-refractivity contribution < 1.29 is 14.3 Å². The van der Waals surface area contributed by atoms with E-state index in [0.717, 1.165) is 12.0 Å². The van der Waals surface area contributed by atoms with E-state index in [-0.39, 0.29) is 12.1 Å². The van der Waals surface area contributed by atoms with E-state index in [1.54, 1.807) is 38.5 Å². The molecule has 0 heterocycles. The van der Waals surface area contributed by atoms with E-state index in [2.05, 4.69) is 10.6 Å². The zero-order valence-corrected chi connectivity index (χ0v) is 14.7. The summed E-state index contributed by atoms with van der Waals surface area (Å²) in [5.41, 5.74) is 1.63. The van der Waals surface area contributed by atoms with Gasteiger partial charge in [-0.25, -0.2) is 4.79 Å². The number of hydrogen-bond acceptors (Lipinski definition) is 3. The summed E-state index contributed by atoms with van der Waals surface area (Å²) >= 11 is 5.84. The summed E-state index contributed by atoms with van der Waals surface area (Å²) in [6, 6.07) is 12.1. The maximum atomic E-state index is 12.2. The Balaban J connectivity index is 2.08. The quantitative estimate of drug-likeness (QED) is 0.800. The molecule has 0 saturated carbocycles. The molecule has 0 aliphatic rings. The van der Waals surface area contributed by atoms with Crippen molar-refractivity contribution in [3.8, 4) is 11.5 Å². The zero-order chi connectivity index (χ0) is 17.5. The SMILES string of the molecule is CC[C@H](NC(=O)Nc1ccc(Cl)cc1)c1ccc(OC)c(OC)c1. The molecule has 0 aliphatic carbocycles. The number of carbonyl (C=O) groups is 1. The number of methoxy groups -OCH3 is 2. The molecule has 0 spiro atoms. The number of amides is 2. The van der Waals surface area contributed by atoms with Crippen LogP contribution in [0, 0.1) is 0 Å². The Hall–Kier alpha value is -2.40. The minimum atomic E-state index is -0.279. The van der Waals surface area contributed by atoms with E-state index in [1.165, 1.54) is 0 Å². The highest BCUT2D eigenvalue weighted by molar-refractivity contribution is 6.30. The lowest BCUT2D eigenvalue weighted by Gasteiger charge is -2.19. The molecule has 0 unspecified atom stereocenters. The standard InChI is InChI=1S/C18H21ClN2O3/c1-4-15(12-5-10-16(23-2)17(11-12)24-3)21-18(22)20-14-8-6-13(19)7-9-14/h5-11,15H,4H2,1-3H3,(H2,20,21,22)/t15-/m0/s1. The van der Waals surface area contributed by atoms with Crippen LogP contribution in [0.15, 0.2) is 42.5 Å². The number of nitrogens with one attached hydrogen (secondary N) is 2. The van der Waals surface area contributed by atoms with Gasteiger partial charge in [0, 0.05) is 10.7 Å². The fraction of sp³-hybridized carbons (Fsp3) is 0.278. The molecule has 2 N–H and O–H groups in total. The van der Waals surface area contributed by atoms with Gasteiger partial charge < -0.3 is 20.1 Å². The number of ether oxygens (including phenoxy) is 2. The number of urea groups is 1. The first kappa shape index (κ1) is 17.9. The van der Waals surface area contributed by atoms with Crippen molar-refractivity contribution in [2.75, 3.05) is 19.5 Å². The summed E-state index contributed by atoms with van der Waals surface area (Å²) in [7, 11) is 3.18. The van der Waals surface area contributed by atoms with Gasteiger partial charge >= 0.3 is 6.03 Å². The minimum absolute atomic E-state index is 0.142. The average Bonchev–Trinajstić information content (AvgIpc) is 2.61. The van der Waals surface area contributed by atoms with Gasteiger partial charge in [-0.1, -0.05) is 24.6 Å². The van der Waals surface area contributed by atoms with Gasteiger partial charge in [0.1, 0.15) is 0 Å². The van der Waals surface area contributed by atoms with Crippen LogP contribution >= 0.6 is 11.6 Å².